The van der Waals surface area contributed by atoms with Gasteiger partial charge in [0.2, 0.25) is 5.91 Å². The van der Waals surface area contributed by atoms with Crippen molar-refractivity contribution in [3.05, 3.63) is 0 Å². The van der Waals surface area contributed by atoms with E-state index >= 15 is 0 Å². The number of carbonyl (C=O) groups excluding carboxylic acids is 1. The number of hydrogen-bond acceptors (Lipinski definition) is 4. The first kappa shape index (κ1) is 15.9. The van der Waals surface area contributed by atoms with Crippen LogP contribution in [0.3, 0.4) is 0 Å². The van der Waals surface area contributed by atoms with Crippen LogP contribution in [0.4, 0.5) is 0 Å². The lowest BCUT2D eigenvalue weighted by Crippen LogP contribution is -2.57. The molecule has 6 nitrogen and oxygen atoms in total. The third-order valence-corrected chi connectivity index (χ3v) is 3.81. The zero-order valence-corrected chi connectivity index (χ0v) is 12.2. The minimum atomic E-state index is -1.07. The summed E-state index contributed by atoms with van der Waals surface area (Å²) in [6.07, 6.45) is 0.204. The van der Waals surface area contributed by atoms with Gasteiger partial charge in [-0.25, -0.2) is 4.79 Å². The van der Waals surface area contributed by atoms with Gasteiger partial charge in [-0.15, -0.1) is 0 Å². The summed E-state index contributed by atoms with van der Waals surface area (Å²) in [6.45, 7) is 8.86. The molecule has 0 spiro atoms. The molecule has 0 aromatic carbocycles. The Balaban J connectivity index is 3.06. The fourth-order valence-corrected chi connectivity index (χ4v) is 2.49. The summed E-state index contributed by atoms with van der Waals surface area (Å²) in [5.41, 5.74) is 4.99. The molecule has 0 aromatic heterocycles. The Labute approximate surface area is 113 Å². The van der Waals surface area contributed by atoms with Crippen molar-refractivity contribution in [3.8, 4) is 0 Å². The smallest absolute Gasteiger partial charge is 0.329 e. The third kappa shape index (κ3) is 2.90. The zero-order valence-electron chi connectivity index (χ0n) is 12.2. The predicted octanol–water partition coefficient (Wildman–Crippen LogP) is 0.796. The number of nitrogens with two attached hydrogens (primary N) is 1. The fourth-order valence-electron chi connectivity index (χ4n) is 2.49. The Morgan fingerprint density at radius 1 is 1.47 bits per heavy atom. The molecule has 0 unspecified atom stereocenters. The number of hydrogen-bond donors (Lipinski definition) is 2. The van der Waals surface area contributed by atoms with E-state index in [0.717, 1.165) is 6.42 Å². The second-order valence-electron chi connectivity index (χ2n) is 5.67. The molecule has 1 fully saturated rings. The third-order valence-electron chi connectivity index (χ3n) is 3.81. The molecule has 1 rings (SSSR count). The molecule has 0 saturated carbocycles. The van der Waals surface area contributed by atoms with Gasteiger partial charge in [0.25, 0.3) is 0 Å². The zero-order chi connectivity index (χ0) is 15.0. The molecule has 1 aliphatic heterocycles. The van der Waals surface area contributed by atoms with E-state index in [-0.39, 0.29) is 11.8 Å². The number of carboxylic acid groups (broad SMARTS) is 1. The van der Waals surface area contributed by atoms with Crippen LogP contribution in [0.5, 0.6) is 0 Å². The van der Waals surface area contributed by atoms with Crippen LogP contribution >= 0.6 is 0 Å². The van der Waals surface area contributed by atoms with E-state index in [1.807, 2.05) is 13.8 Å². The first-order chi connectivity index (χ1) is 8.63. The van der Waals surface area contributed by atoms with Gasteiger partial charge in [0.15, 0.2) is 6.04 Å². The monoisotopic (exact) mass is 272 g/mol. The molecule has 3 N–H and O–H groups in total. The van der Waals surface area contributed by atoms with Crippen LogP contribution in [0, 0.1) is 5.92 Å². The molecule has 6 heteroatoms. The summed E-state index contributed by atoms with van der Waals surface area (Å²) in [5, 5.41) is 9.30. The fraction of sp³-hybridized carbons (Fsp3) is 0.846. The first-order valence-electron chi connectivity index (χ1n) is 6.62. The second-order valence-corrected chi connectivity index (χ2v) is 5.67. The van der Waals surface area contributed by atoms with Crippen molar-refractivity contribution >= 4 is 11.9 Å². The lowest BCUT2D eigenvalue weighted by Gasteiger charge is -2.35. The summed E-state index contributed by atoms with van der Waals surface area (Å²) >= 11 is 0. The highest BCUT2D eigenvalue weighted by Crippen LogP contribution is 2.33. The Morgan fingerprint density at radius 3 is 2.42 bits per heavy atom. The maximum absolute atomic E-state index is 12.5. The van der Waals surface area contributed by atoms with Gasteiger partial charge >= 0.3 is 5.97 Å². The molecule has 0 aliphatic carbocycles. The Hall–Kier alpha value is -1.14. The molecule has 0 radical (unpaired) electrons. The highest BCUT2D eigenvalue weighted by atomic mass is 16.5. The van der Waals surface area contributed by atoms with Crippen molar-refractivity contribution in [1.82, 2.24) is 4.90 Å². The van der Waals surface area contributed by atoms with Crippen LogP contribution in [-0.2, 0) is 14.3 Å². The van der Waals surface area contributed by atoms with Crippen LogP contribution in [0.2, 0.25) is 0 Å². The van der Waals surface area contributed by atoms with E-state index in [9.17, 15) is 14.7 Å². The van der Waals surface area contributed by atoms with E-state index in [1.54, 1.807) is 20.8 Å². The average molecular weight is 272 g/mol. The first-order valence-corrected chi connectivity index (χ1v) is 6.62. The Kier molecular flexibility index (Phi) is 4.58. The van der Waals surface area contributed by atoms with Gasteiger partial charge in [0.05, 0.1) is 12.1 Å². The molecule has 1 saturated heterocycles. The van der Waals surface area contributed by atoms with Crippen LogP contribution in [0.25, 0.3) is 0 Å². The molecular formula is C13H24N2O4. The summed E-state index contributed by atoms with van der Waals surface area (Å²) in [4.78, 5) is 25.1. The number of carboxylic acids is 1. The molecule has 110 valence electrons. The van der Waals surface area contributed by atoms with Gasteiger partial charge in [-0.1, -0.05) is 20.3 Å². The minimum Gasteiger partial charge on any atom is -0.480 e. The molecule has 19 heavy (non-hydrogen) atoms. The molecule has 0 aromatic rings. The van der Waals surface area contributed by atoms with Crippen molar-refractivity contribution < 1.29 is 19.4 Å². The lowest BCUT2D eigenvalue weighted by atomic mass is 9.97. The number of rotatable bonds is 4. The number of nitrogens with zero attached hydrogens (tertiary/aromatic N) is 1. The summed E-state index contributed by atoms with van der Waals surface area (Å²) in [5.74, 6) is -1.44. The molecule has 4 atom stereocenters. The topological polar surface area (TPSA) is 92.9 Å². The van der Waals surface area contributed by atoms with E-state index in [0.29, 0.717) is 0 Å². The van der Waals surface area contributed by atoms with Crippen molar-refractivity contribution in [2.24, 2.45) is 11.7 Å². The summed E-state index contributed by atoms with van der Waals surface area (Å²) in [6, 6.07) is -1.70. The average Bonchev–Trinajstić information content (AvgIpc) is 2.55. The second kappa shape index (κ2) is 5.46. The van der Waals surface area contributed by atoms with Crippen LogP contribution in [-0.4, -0.2) is 45.8 Å². The van der Waals surface area contributed by atoms with Crippen molar-refractivity contribution in [1.29, 1.82) is 0 Å². The number of amides is 1. The SMILES string of the molecule is CC[C@H](C)[C@H](N)C(=O)N1[C@H](C(=O)O)[C@@H](C)OC1(C)C. The van der Waals surface area contributed by atoms with E-state index in [4.69, 9.17) is 10.5 Å². The number of aliphatic carboxylic acids is 1. The standard InChI is InChI=1S/C13H24N2O4/c1-6-7(2)9(14)11(16)15-10(12(17)18)8(3)19-13(15,4)5/h7-10H,6,14H2,1-5H3,(H,17,18)/t7-,8+,9-,10-/m0/s1. The maximum Gasteiger partial charge on any atom is 0.329 e. The maximum atomic E-state index is 12.5. The highest BCUT2D eigenvalue weighted by Gasteiger charge is 2.52. The lowest BCUT2D eigenvalue weighted by molar-refractivity contribution is -0.157. The van der Waals surface area contributed by atoms with E-state index in [1.165, 1.54) is 4.90 Å². The van der Waals surface area contributed by atoms with E-state index < -0.39 is 29.9 Å². The van der Waals surface area contributed by atoms with Crippen molar-refractivity contribution in [2.75, 3.05) is 0 Å². The van der Waals surface area contributed by atoms with Gasteiger partial charge in [0, 0.05) is 0 Å². The normalized spacial score (nSPS) is 29.1. The van der Waals surface area contributed by atoms with Crippen molar-refractivity contribution in [3.63, 3.8) is 0 Å². The molecule has 1 aliphatic rings. The Morgan fingerprint density at radius 2 is 2.00 bits per heavy atom. The molecule has 0 bridgehead atoms. The molecular weight excluding hydrogens is 248 g/mol. The van der Waals surface area contributed by atoms with E-state index in [2.05, 4.69) is 0 Å². The van der Waals surface area contributed by atoms with Gasteiger partial charge in [-0.2, -0.15) is 0 Å². The Bertz CT molecular complexity index is 370. The molecule has 1 heterocycles. The van der Waals surface area contributed by atoms with Gasteiger partial charge in [0.1, 0.15) is 5.72 Å². The van der Waals surface area contributed by atoms with Crippen molar-refractivity contribution in [2.45, 2.75) is 65.0 Å². The van der Waals surface area contributed by atoms with Crippen LogP contribution < -0.4 is 5.73 Å². The largest absolute Gasteiger partial charge is 0.480 e. The quantitative estimate of drug-likeness (QED) is 0.789. The molecule has 1 amide bonds. The minimum absolute atomic E-state index is 0.00588. The van der Waals surface area contributed by atoms with Gasteiger partial charge < -0.3 is 15.6 Å². The van der Waals surface area contributed by atoms with Gasteiger partial charge in [-0.3, -0.25) is 9.69 Å². The van der Waals surface area contributed by atoms with Crippen LogP contribution in [0.1, 0.15) is 41.0 Å². The summed E-state index contributed by atoms with van der Waals surface area (Å²) in [7, 11) is 0. The number of carbonyl (C=O) groups is 2. The predicted molar refractivity (Wildman–Crippen MR) is 70.3 cm³/mol. The van der Waals surface area contributed by atoms with Crippen LogP contribution in [0.15, 0.2) is 0 Å². The summed E-state index contributed by atoms with van der Waals surface area (Å²) < 4.78 is 5.59. The highest BCUT2D eigenvalue weighted by molar-refractivity contribution is 5.88. The van der Waals surface area contributed by atoms with Gasteiger partial charge in [-0.05, 0) is 26.7 Å². The number of ether oxygens (including phenoxy) is 1.